The second-order valence-electron chi connectivity index (χ2n) is 7.28. The maximum absolute atomic E-state index is 5.47. The summed E-state index contributed by atoms with van der Waals surface area (Å²) < 4.78 is 5.47. The monoisotopic (exact) mass is 323 g/mol. The minimum Gasteiger partial charge on any atom is -0.383 e. The highest BCUT2D eigenvalue weighted by Crippen LogP contribution is 2.44. The largest absolute Gasteiger partial charge is 0.383 e. The number of likely N-dealkylation sites (tertiary alicyclic amines) is 2. The minimum absolute atomic E-state index is 0.521. The lowest BCUT2D eigenvalue weighted by Gasteiger charge is -2.39. The zero-order valence-corrected chi connectivity index (χ0v) is 14.9. The minimum atomic E-state index is 0.521. The van der Waals surface area contributed by atoms with E-state index in [2.05, 4.69) is 34.0 Å². The van der Waals surface area contributed by atoms with Crippen LogP contribution in [-0.4, -0.2) is 60.2 Å². The summed E-state index contributed by atoms with van der Waals surface area (Å²) >= 11 is 1.77. The van der Waals surface area contributed by atoms with Gasteiger partial charge < -0.3 is 4.74 Å². The van der Waals surface area contributed by atoms with E-state index in [4.69, 9.17) is 4.74 Å². The molecule has 5 heteroatoms. The number of aromatic nitrogens is 1. The fourth-order valence-electron chi connectivity index (χ4n) is 4.22. The van der Waals surface area contributed by atoms with E-state index in [0.717, 1.165) is 13.2 Å². The quantitative estimate of drug-likeness (QED) is 0.833. The molecular formula is C17H29N3OS. The summed E-state index contributed by atoms with van der Waals surface area (Å²) in [6.45, 7) is 10.2. The standard InChI is InChI=1S/C17H29N3OS/c1-14(2)20-13-17(10-15(20)12-21-3)4-7-19(8-5-17)11-16-18-6-9-22-16/h6,9,14-15H,4-5,7-8,10-13H2,1-3H3/t15-/m0/s1. The number of hydrogen-bond donors (Lipinski definition) is 0. The van der Waals surface area contributed by atoms with Crippen molar-refractivity contribution in [3.8, 4) is 0 Å². The van der Waals surface area contributed by atoms with Gasteiger partial charge in [-0.2, -0.15) is 0 Å². The SMILES string of the molecule is COC[C@@H]1CC2(CCN(Cc3nccs3)CC2)CN1C(C)C. The lowest BCUT2D eigenvalue weighted by Crippen LogP contribution is -2.42. The molecule has 4 nitrogen and oxygen atoms in total. The van der Waals surface area contributed by atoms with Crippen LogP contribution < -0.4 is 0 Å². The maximum atomic E-state index is 5.47. The van der Waals surface area contributed by atoms with Crippen LogP contribution in [-0.2, 0) is 11.3 Å². The van der Waals surface area contributed by atoms with Crippen LogP contribution in [0.2, 0.25) is 0 Å². The molecule has 1 aromatic rings. The van der Waals surface area contributed by atoms with E-state index in [1.165, 1.54) is 43.9 Å². The van der Waals surface area contributed by atoms with Crippen LogP contribution in [0.3, 0.4) is 0 Å². The molecule has 3 rings (SSSR count). The van der Waals surface area contributed by atoms with E-state index >= 15 is 0 Å². The van der Waals surface area contributed by atoms with Gasteiger partial charge in [0.25, 0.3) is 0 Å². The molecule has 0 aromatic carbocycles. The van der Waals surface area contributed by atoms with Gasteiger partial charge in [0, 0.05) is 37.3 Å². The Bertz CT molecular complexity index is 454. The third-order valence-electron chi connectivity index (χ3n) is 5.44. The first-order valence-electron chi connectivity index (χ1n) is 8.47. The Hall–Kier alpha value is -0.490. The fourth-order valence-corrected chi connectivity index (χ4v) is 4.88. The van der Waals surface area contributed by atoms with E-state index < -0.39 is 0 Å². The molecule has 1 atom stereocenters. The molecule has 1 aromatic heterocycles. The van der Waals surface area contributed by atoms with Crippen molar-refractivity contribution in [3.63, 3.8) is 0 Å². The van der Waals surface area contributed by atoms with E-state index in [9.17, 15) is 0 Å². The van der Waals surface area contributed by atoms with Gasteiger partial charge in [-0.25, -0.2) is 4.98 Å². The van der Waals surface area contributed by atoms with Gasteiger partial charge in [0.05, 0.1) is 13.2 Å². The van der Waals surface area contributed by atoms with Gasteiger partial charge in [-0.3, -0.25) is 9.80 Å². The molecule has 2 fully saturated rings. The van der Waals surface area contributed by atoms with Crippen molar-refractivity contribution >= 4 is 11.3 Å². The van der Waals surface area contributed by atoms with Crippen molar-refractivity contribution in [3.05, 3.63) is 16.6 Å². The first kappa shape index (κ1) is 16.4. The van der Waals surface area contributed by atoms with E-state index in [1.807, 2.05) is 13.3 Å². The Balaban J connectivity index is 1.57. The number of rotatable bonds is 5. The number of methoxy groups -OCH3 is 1. The molecule has 0 radical (unpaired) electrons. The van der Waals surface area contributed by atoms with E-state index in [1.54, 1.807) is 11.3 Å². The van der Waals surface area contributed by atoms with Crippen molar-refractivity contribution < 1.29 is 4.74 Å². The van der Waals surface area contributed by atoms with E-state index in [0.29, 0.717) is 17.5 Å². The van der Waals surface area contributed by atoms with Gasteiger partial charge in [-0.1, -0.05) is 0 Å². The molecule has 0 saturated carbocycles. The summed E-state index contributed by atoms with van der Waals surface area (Å²) in [5.41, 5.74) is 0.521. The number of ether oxygens (including phenoxy) is 1. The van der Waals surface area contributed by atoms with Crippen LogP contribution in [0.4, 0.5) is 0 Å². The second-order valence-corrected chi connectivity index (χ2v) is 8.26. The molecule has 22 heavy (non-hydrogen) atoms. The van der Waals surface area contributed by atoms with Crippen molar-refractivity contribution in [1.82, 2.24) is 14.8 Å². The lowest BCUT2D eigenvalue weighted by atomic mass is 9.76. The number of piperidine rings is 1. The summed E-state index contributed by atoms with van der Waals surface area (Å²) in [5.74, 6) is 0. The van der Waals surface area contributed by atoms with Crippen molar-refractivity contribution in [2.45, 2.75) is 51.7 Å². The maximum Gasteiger partial charge on any atom is 0.107 e. The van der Waals surface area contributed by atoms with Gasteiger partial charge in [-0.15, -0.1) is 11.3 Å². The molecule has 0 amide bonds. The topological polar surface area (TPSA) is 28.6 Å². The van der Waals surface area contributed by atoms with Gasteiger partial charge in [0.2, 0.25) is 0 Å². The number of nitrogens with zero attached hydrogens (tertiary/aromatic N) is 3. The van der Waals surface area contributed by atoms with Gasteiger partial charge in [0.15, 0.2) is 0 Å². The normalized spacial score (nSPS) is 26.3. The first-order valence-corrected chi connectivity index (χ1v) is 9.35. The third kappa shape index (κ3) is 3.53. The Labute approximate surface area is 138 Å². The number of hydrogen-bond acceptors (Lipinski definition) is 5. The van der Waals surface area contributed by atoms with Crippen LogP contribution in [0.5, 0.6) is 0 Å². The summed E-state index contributed by atoms with van der Waals surface area (Å²) in [6.07, 6.45) is 5.87. The Morgan fingerprint density at radius 1 is 1.41 bits per heavy atom. The molecule has 2 saturated heterocycles. The highest BCUT2D eigenvalue weighted by molar-refractivity contribution is 7.09. The Morgan fingerprint density at radius 3 is 2.77 bits per heavy atom. The molecule has 2 aliphatic heterocycles. The predicted molar refractivity (Wildman–Crippen MR) is 91.2 cm³/mol. The predicted octanol–water partition coefficient (Wildman–Crippen LogP) is 2.85. The number of thiazole rings is 1. The average Bonchev–Trinajstić information content (AvgIpc) is 3.11. The molecular weight excluding hydrogens is 294 g/mol. The Morgan fingerprint density at radius 2 is 2.18 bits per heavy atom. The zero-order valence-electron chi connectivity index (χ0n) is 14.1. The second kappa shape index (κ2) is 6.95. The molecule has 3 heterocycles. The van der Waals surface area contributed by atoms with Crippen LogP contribution in [0.15, 0.2) is 11.6 Å². The molecule has 0 aliphatic carbocycles. The van der Waals surface area contributed by atoms with Crippen molar-refractivity contribution in [2.75, 3.05) is 33.4 Å². The first-order chi connectivity index (χ1) is 10.6. The molecule has 124 valence electrons. The van der Waals surface area contributed by atoms with Crippen LogP contribution in [0, 0.1) is 5.41 Å². The summed E-state index contributed by atoms with van der Waals surface area (Å²) in [7, 11) is 1.83. The van der Waals surface area contributed by atoms with Crippen molar-refractivity contribution in [2.24, 2.45) is 5.41 Å². The molecule has 2 aliphatic rings. The molecule has 0 unspecified atom stereocenters. The summed E-state index contributed by atoms with van der Waals surface area (Å²) in [5, 5.41) is 3.33. The smallest absolute Gasteiger partial charge is 0.107 e. The summed E-state index contributed by atoms with van der Waals surface area (Å²) in [4.78, 5) is 9.67. The lowest BCUT2D eigenvalue weighted by molar-refractivity contribution is 0.0915. The Kier molecular flexibility index (Phi) is 5.17. The fraction of sp³-hybridized carbons (Fsp3) is 0.824. The molecule has 1 spiro atoms. The molecule has 0 bridgehead atoms. The van der Waals surface area contributed by atoms with Gasteiger partial charge in [-0.05, 0) is 51.6 Å². The van der Waals surface area contributed by atoms with Crippen LogP contribution in [0.1, 0.15) is 38.1 Å². The summed E-state index contributed by atoms with van der Waals surface area (Å²) in [6, 6.07) is 1.23. The van der Waals surface area contributed by atoms with Crippen LogP contribution in [0.25, 0.3) is 0 Å². The third-order valence-corrected chi connectivity index (χ3v) is 6.20. The average molecular weight is 324 g/mol. The zero-order chi connectivity index (χ0) is 15.6. The highest BCUT2D eigenvalue weighted by Gasteiger charge is 2.45. The molecule has 0 N–H and O–H groups in total. The van der Waals surface area contributed by atoms with Gasteiger partial charge in [0.1, 0.15) is 5.01 Å². The van der Waals surface area contributed by atoms with Crippen LogP contribution >= 0.6 is 11.3 Å². The van der Waals surface area contributed by atoms with Gasteiger partial charge >= 0.3 is 0 Å². The van der Waals surface area contributed by atoms with Crippen molar-refractivity contribution in [1.29, 1.82) is 0 Å². The highest BCUT2D eigenvalue weighted by atomic mass is 32.1. The van der Waals surface area contributed by atoms with E-state index in [-0.39, 0.29) is 0 Å².